The average molecular weight is 407 g/mol. The molecule has 2 saturated carbocycles. The van der Waals surface area contributed by atoms with Crippen LogP contribution in [0.5, 0.6) is 0 Å². The number of alkyl halides is 2. The number of halogens is 2. The second kappa shape index (κ2) is 9.99. The smallest absolute Gasteiger partial charge is 0.456 e. The fraction of sp³-hybridized carbons (Fsp3) is 0.905. The van der Waals surface area contributed by atoms with Crippen molar-refractivity contribution < 1.29 is 32.6 Å². The van der Waals surface area contributed by atoms with E-state index >= 15 is 0 Å². The number of ether oxygens (including phenoxy) is 3. The molecule has 0 spiro atoms. The highest BCUT2D eigenvalue weighted by molar-refractivity contribution is 5.77. The Kier molecular flexibility index (Phi) is 8.85. The number of esters is 2. The first-order chi connectivity index (χ1) is 13.0. The van der Waals surface area contributed by atoms with Crippen LogP contribution in [0, 0.1) is 17.3 Å². The van der Waals surface area contributed by atoms with Crippen LogP contribution in [-0.2, 0) is 23.8 Å². The molecule has 164 valence electrons. The molecule has 0 saturated heterocycles. The third-order valence-electron chi connectivity index (χ3n) is 5.40. The Hall–Kier alpha value is -1.24. The average Bonchev–Trinajstić information content (AvgIpc) is 2.59. The van der Waals surface area contributed by atoms with Crippen molar-refractivity contribution in [2.45, 2.75) is 91.8 Å². The number of hydrogen-bond donors (Lipinski definition) is 0. The molecule has 0 aromatic carbocycles. The summed E-state index contributed by atoms with van der Waals surface area (Å²) in [4.78, 5) is 23.9. The summed E-state index contributed by atoms with van der Waals surface area (Å²) in [5, 5.41) is 0. The van der Waals surface area contributed by atoms with Gasteiger partial charge in [0.1, 0.15) is 0 Å². The van der Waals surface area contributed by atoms with Crippen molar-refractivity contribution >= 4 is 11.9 Å². The summed E-state index contributed by atoms with van der Waals surface area (Å²) < 4.78 is 42.9. The van der Waals surface area contributed by atoms with Gasteiger partial charge in [-0.3, -0.25) is 4.79 Å². The number of carbonyl (C=O) groups excluding carboxylic acids is 2. The molecule has 2 aliphatic rings. The summed E-state index contributed by atoms with van der Waals surface area (Å²) in [5.74, 6) is -1.67. The summed E-state index contributed by atoms with van der Waals surface area (Å²) >= 11 is 0. The lowest BCUT2D eigenvalue weighted by Gasteiger charge is -2.50. The van der Waals surface area contributed by atoms with E-state index in [-0.39, 0.29) is 24.4 Å². The largest absolute Gasteiger partial charge is 0.465 e. The molecule has 7 heteroatoms. The van der Waals surface area contributed by atoms with Crippen LogP contribution in [0.3, 0.4) is 0 Å². The highest BCUT2D eigenvalue weighted by Gasteiger charge is 2.54. The van der Waals surface area contributed by atoms with Crippen molar-refractivity contribution in [1.82, 2.24) is 0 Å². The fourth-order valence-corrected chi connectivity index (χ4v) is 4.80. The minimum atomic E-state index is -3.96. The topological polar surface area (TPSA) is 61.8 Å². The van der Waals surface area contributed by atoms with Gasteiger partial charge in [0.2, 0.25) is 0 Å². The van der Waals surface area contributed by atoms with Crippen molar-refractivity contribution in [3.63, 3.8) is 0 Å². The Labute approximate surface area is 167 Å². The van der Waals surface area contributed by atoms with Crippen molar-refractivity contribution in [3.8, 4) is 0 Å². The van der Waals surface area contributed by atoms with Crippen molar-refractivity contribution in [3.05, 3.63) is 0 Å². The molecule has 0 amide bonds. The zero-order valence-electron chi connectivity index (χ0n) is 18.1. The van der Waals surface area contributed by atoms with E-state index in [1.165, 1.54) is 6.92 Å². The van der Waals surface area contributed by atoms with Gasteiger partial charge in [-0.25, -0.2) is 4.79 Å². The van der Waals surface area contributed by atoms with Crippen LogP contribution < -0.4 is 0 Å². The Bertz CT molecular complexity index is 521. The molecule has 0 radical (unpaired) electrons. The molecule has 0 heterocycles. The maximum absolute atomic E-state index is 14.1. The van der Waals surface area contributed by atoms with Crippen LogP contribution in [0.2, 0.25) is 0 Å². The van der Waals surface area contributed by atoms with Gasteiger partial charge in [0, 0.05) is 0 Å². The van der Waals surface area contributed by atoms with Gasteiger partial charge in [0.05, 0.1) is 24.2 Å². The van der Waals surface area contributed by atoms with Crippen molar-refractivity contribution in [2.75, 3.05) is 13.2 Å². The van der Waals surface area contributed by atoms with Crippen LogP contribution in [0.25, 0.3) is 0 Å². The maximum Gasteiger partial charge on any atom is 0.456 e. The maximum atomic E-state index is 14.1. The second-order valence-electron chi connectivity index (χ2n) is 8.27. The number of fused-ring (bicyclic) bond motifs is 2. The minimum absolute atomic E-state index is 0.0877. The molecule has 2 fully saturated rings. The molecule has 2 unspecified atom stereocenters. The Morgan fingerprint density at radius 3 is 2.00 bits per heavy atom. The number of hydrogen-bond acceptors (Lipinski definition) is 5. The summed E-state index contributed by atoms with van der Waals surface area (Å²) in [6, 6.07) is 0. The number of carbonyl (C=O) groups is 2. The van der Waals surface area contributed by atoms with Crippen LogP contribution in [-0.4, -0.2) is 36.9 Å². The molecule has 28 heavy (non-hydrogen) atoms. The molecule has 5 nitrogen and oxygen atoms in total. The van der Waals surface area contributed by atoms with Crippen LogP contribution in [0.4, 0.5) is 8.78 Å². The monoisotopic (exact) mass is 406 g/mol. The van der Waals surface area contributed by atoms with E-state index < -0.39 is 23.1 Å². The molecule has 0 aliphatic heterocycles. The van der Waals surface area contributed by atoms with Crippen LogP contribution >= 0.6 is 0 Å². The molecule has 2 atom stereocenters. The third kappa shape index (κ3) is 6.13. The predicted molar refractivity (Wildman–Crippen MR) is 102 cm³/mol. The van der Waals surface area contributed by atoms with E-state index in [9.17, 15) is 18.4 Å². The number of rotatable bonds is 7. The second-order valence-corrected chi connectivity index (χ2v) is 8.27. The molecule has 2 aliphatic carbocycles. The highest BCUT2D eigenvalue weighted by Crippen LogP contribution is 2.53. The lowest BCUT2D eigenvalue weighted by atomic mass is 9.58. The van der Waals surface area contributed by atoms with E-state index in [4.69, 9.17) is 9.47 Å². The first-order valence-electron chi connectivity index (χ1n) is 10.5. The molecule has 0 N–H and O–H groups in total. The SMILES string of the molecule is CC.CCCOC(=O)C1(C)CC2CC(CC(C)(OC(F)(F)C(=O)OCC)C2)C1. The molecular weight excluding hydrogens is 370 g/mol. The van der Waals surface area contributed by atoms with Gasteiger partial charge in [-0.15, -0.1) is 0 Å². The zero-order chi connectivity index (χ0) is 21.6. The molecule has 0 aromatic heterocycles. The van der Waals surface area contributed by atoms with Crippen molar-refractivity contribution in [2.24, 2.45) is 17.3 Å². The van der Waals surface area contributed by atoms with Gasteiger partial charge in [0.25, 0.3) is 0 Å². The summed E-state index contributed by atoms with van der Waals surface area (Å²) in [7, 11) is 0. The quantitative estimate of drug-likeness (QED) is 0.550. The third-order valence-corrected chi connectivity index (χ3v) is 5.40. The normalized spacial score (nSPS) is 32.0. The first kappa shape index (κ1) is 24.8. The molecular formula is C21H36F2O5. The standard InChI is InChI=1S/C19H30F2O5.C2H6/c1-5-7-25-15(22)17(3)9-13-8-14(10-17)12-18(4,11-13)26-19(20,21)16(23)24-6-2;1-2/h13-14H,5-12H2,1-4H3;1-2H3. The van der Waals surface area contributed by atoms with Gasteiger partial charge < -0.3 is 14.2 Å². The Morgan fingerprint density at radius 1 is 1.00 bits per heavy atom. The van der Waals surface area contributed by atoms with E-state index in [2.05, 4.69) is 4.74 Å². The summed E-state index contributed by atoms with van der Waals surface area (Å²) in [6.07, 6.45) is -0.347. The first-order valence-corrected chi connectivity index (χ1v) is 10.5. The van der Waals surface area contributed by atoms with E-state index in [0.717, 1.165) is 12.8 Å². The van der Waals surface area contributed by atoms with Crippen LogP contribution in [0.15, 0.2) is 0 Å². The van der Waals surface area contributed by atoms with Gasteiger partial charge in [-0.2, -0.15) is 8.78 Å². The van der Waals surface area contributed by atoms with Gasteiger partial charge in [-0.1, -0.05) is 20.8 Å². The van der Waals surface area contributed by atoms with Gasteiger partial charge in [0.15, 0.2) is 0 Å². The Balaban J connectivity index is 0.00000190. The van der Waals surface area contributed by atoms with E-state index in [0.29, 0.717) is 32.3 Å². The van der Waals surface area contributed by atoms with Gasteiger partial charge >= 0.3 is 18.0 Å². The lowest BCUT2D eigenvalue weighted by molar-refractivity contribution is -0.300. The molecule has 2 bridgehead atoms. The molecule has 2 rings (SSSR count). The van der Waals surface area contributed by atoms with Crippen LogP contribution in [0.1, 0.15) is 80.1 Å². The van der Waals surface area contributed by atoms with E-state index in [1.54, 1.807) is 6.92 Å². The Morgan fingerprint density at radius 2 is 1.54 bits per heavy atom. The van der Waals surface area contributed by atoms with Crippen molar-refractivity contribution in [1.29, 1.82) is 0 Å². The fourth-order valence-electron chi connectivity index (χ4n) is 4.80. The zero-order valence-corrected chi connectivity index (χ0v) is 18.1. The minimum Gasteiger partial charge on any atom is -0.465 e. The summed E-state index contributed by atoms with van der Waals surface area (Å²) in [6.45, 7) is 11.2. The molecule has 0 aromatic rings. The summed E-state index contributed by atoms with van der Waals surface area (Å²) in [5.41, 5.74) is -1.69. The lowest BCUT2D eigenvalue weighted by Crippen LogP contribution is -2.51. The van der Waals surface area contributed by atoms with Gasteiger partial charge in [-0.05, 0) is 71.1 Å². The highest BCUT2D eigenvalue weighted by atomic mass is 19.3. The predicted octanol–water partition coefficient (Wildman–Crippen LogP) is 5.11. The van der Waals surface area contributed by atoms with E-state index in [1.807, 2.05) is 27.7 Å².